The molecule has 1 unspecified atom stereocenters. The van der Waals surface area contributed by atoms with Crippen molar-refractivity contribution in [2.75, 3.05) is 0 Å². The monoisotopic (exact) mass is 302 g/mol. The number of aromatic nitrogens is 1. The number of nitrogens with two attached hydrogens (primary N) is 1. The zero-order valence-electron chi connectivity index (χ0n) is 7.65. The van der Waals surface area contributed by atoms with Gasteiger partial charge in [-0.1, -0.05) is 11.6 Å². The van der Waals surface area contributed by atoms with Gasteiger partial charge >= 0.3 is 0 Å². The second-order valence-electron chi connectivity index (χ2n) is 3.05. The van der Waals surface area contributed by atoms with E-state index < -0.39 is 0 Å². The number of nitrogens with zero attached hydrogens (tertiary/aromatic N) is 1. The fourth-order valence-electron chi connectivity index (χ4n) is 1.28. The maximum Gasteiger partial charge on any atom is 0.0676 e. The molecule has 2 aromatic rings. The first-order valence-corrected chi connectivity index (χ1v) is 6.32. The fraction of sp³-hybridized carbons (Fsp3) is 0.100. The van der Waals surface area contributed by atoms with Crippen molar-refractivity contribution in [1.29, 1.82) is 0 Å². The zero-order valence-corrected chi connectivity index (χ0v) is 10.8. The maximum atomic E-state index is 6.10. The summed E-state index contributed by atoms with van der Waals surface area (Å²) < 4.78 is 0.920. The van der Waals surface area contributed by atoms with Crippen molar-refractivity contribution < 1.29 is 0 Å². The van der Waals surface area contributed by atoms with Gasteiger partial charge in [0, 0.05) is 21.7 Å². The van der Waals surface area contributed by atoms with E-state index in [4.69, 9.17) is 17.3 Å². The molecule has 0 radical (unpaired) electrons. The number of hydrogen-bond acceptors (Lipinski definition) is 3. The van der Waals surface area contributed by atoms with Crippen LogP contribution in [-0.2, 0) is 0 Å². The summed E-state index contributed by atoms with van der Waals surface area (Å²) >= 11 is 10.9. The number of thiophene rings is 1. The van der Waals surface area contributed by atoms with Crippen molar-refractivity contribution in [2.45, 2.75) is 6.04 Å². The first-order chi connectivity index (χ1) is 7.18. The molecule has 0 saturated heterocycles. The van der Waals surface area contributed by atoms with Crippen LogP contribution in [0.5, 0.6) is 0 Å². The van der Waals surface area contributed by atoms with Gasteiger partial charge in [-0.15, -0.1) is 11.3 Å². The molecule has 2 heterocycles. The molecule has 0 saturated carbocycles. The van der Waals surface area contributed by atoms with Crippen LogP contribution in [0.15, 0.2) is 34.4 Å². The van der Waals surface area contributed by atoms with Crippen molar-refractivity contribution in [2.24, 2.45) is 5.73 Å². The minimum atomic E-state index is -0.206. The van der Waals surface area contributed by atoms with E-state index in [-0.39, 0.29) is 6.04 Å². The SMILES string of the molecule is NC(c1cncc(Br)c1)c1sccc1Cl. The van der Waals surface area contributed by atoms with Gasteiger partial charge in [0.2, 0.25) is 0 Å². The molecule has 78 valence electrons. The van der Waals surface area contributed by atoms with Crippen LogP contribution in [0, 0.1) is 0 Å². The lowest BCUT2D eigenvalue weighted by molar-refractivity contribution is 0.882. The summed E-state index contributed by atoms with van der Waals surface area (Å²) in [7, 11) is 0. The van der Waals surface area contributed by atoms with Gasteiger partial charge in [-0.05, 0) is 39.0 Å². The Kier molecular flexibility index (Phi) is 3.41. The predicted molar refractivity (Wildman–Crippen MR) is 67.3 cm³/mol. The van der Waals surface area contributed by atoms with Gasteiger partial charge in [0.25, 0.3) is 0 Å². The van der Waals surface area contributed by atoms with Crippen LogP contribution in [0.1, 0.15) is 16.5 Å². The van der Waals surface area contributed by atoms with Gasteiger partial charge in [0.15, 0.2) is 0 Å². The number of pyridine rings is 1. The molecule has 1 atom stereocenters. The second-order valence-corrected chi connectivity index (χ2v) is 5.32. The molecule has 2 aromatic heterocycles. The smallest absolute Gasteiger partial charge is 0.0676 e. The van der Waals surface area contributed by atoms with Crippen LogP contribution in [-0.4, -0.2) is 4.98 Å². The normalized spacial score (nSPS) is 12.7. The van der Waals surface area contributed by atoms with Gasteiger partial charge in [-0.3, -0.25) is 4.98 Å². The number of rotatable bonds is 2. The molecule has 0 spiro atoms. The molecule has 2 N–H and O–H groups in total. The van der Waals surface area contributed by atoms with Gasteiger partial charge in [0.1, 0.15) is 0 Å². The lowest BCUT2D eigenvalue weighted by atomic mass is 10.1. The lowest BCUT2D eigenvalue weighted by Gasteiger charge is -2.10. The molecule has 0 fully saturated rings. The van der Waals surface area contributed by atoms with Crippen LogP contribution in [0.3, 0.4) is 0 Å². The molecule has 2 rings (SSSR count). The van der Waals surface area contributed by atoms with E-state index >= 15 is 0 Å². The minimum Gasteiger partial charge on any atom is -0.320 e. The molecule has 2 nitrogen and oxygen atoms in total. The highest BCUT2D eigenvalue weighted by atomic mass is 79.9. The Balaban J connectivity index is 2.36. The predicted octanol–water partition coefficient (Wildman–Crippen LogP) is 3.61. The molecule has 0 amide bonds. The summed E-state index contributed by atoms with van der Waals surface area (Å²) in [5, 5.41) is 2.65. The van der Waals surface area contributed by atoms with Crippen LogP contribution < -0.4 is 5.73 Å². The van der Waals surface area contributed by atoms with Crippen molar-refractivity contribution in [3.05, 3.63) is 49.8 Å². The van der Waals surface area contributed by atoms with E-state index in [1.54, 1.807) is 23.7 Å². The van der Waals surface area contributed by atoms with E-state index in [0.29, 0.717) is 5.02 Å². The van der Waals surface area contributed by atoms with Gasteiger partial charge in [-0.25, -0.2) is 0 Å². The van der Waals surface area contributed by atoms with Crippen LogP contribution in [0.25, 0.3) is 0 Å². The fourth-order valence-corrected chi connectivity index (χ4v) is 2.86. The van der Waals surface area contributed by atoms with Crippen molar-refractivity contribution in [3.8, 4) is 0 Å². The quantitative estimate of drug-likeness (QED) is 0.920. The van der Waals surface area contributed by atoms with Gasteiger partial charge in [-0.2, -0.15) is 0 Å². The van der Waals surface area contributed by atoms with Crippen LogP contribution >= 0.6 is 38.9 Å². The molecule has 5 heteroatoms. The van der Waals surface area contributed by atoms with E-state index in [0.717, 1.165) is 14.9 Å². The highest BCUT2D eigenvalue weighted by Gasteiger charge is 2.14. The second kappa shape index (κ2) is 4.61. The molecular weight excluding hydrogens is 296 g/mol. The topological polar surface area (TPSA) is 38.9 Å². The Labute approximate surface area is 105 Å². The Morgan fingerprint density at radius 1 is 1.47 bits per heavy atom. The summed E-state index contributed by atoms with van der Waals surface area (Å²) in [6.07, 6.45) is 3.48. The highest BCUT2D eigenvalue weighted by Crippen LogP contribution is 2.31. The Morgan fingerprint density at radius 2 is 2.27 bits per heavy atom. The molecule has 0 aliphatic carbocycles. The Hall–Kier alpha value is -0.420. The van der Waals surface area contributed by atoms with Crippen molar-refractivity contribution in [1.82, 2.24) is 4.98 Å². The molecular formula is C10H8BrClN2S. The van der Waals surface area contributed by atoms with Gasteiger partial charge < -0.3 is 5.73 Å². The Bertz CT molecular complexity index is 472. The molecule has 15 heavy (non-hydrogen) atoms. The summed E-state index contributed by atoms with van der Waals surface area (Å²) in [5.41, 5.74) is 7.05. The Morgan fingerprint density at radius 3 is 2.87 bits per heavy atom. The third-order valence-electron chi connectivity index (χ3n) is 2.01. The van der Waals surface area contributed by atoms with Crippen LogP contribution in [0.2, 0.25) is 5.02 Å². The summed E-state index contributed by atoms with van der Waals surface area (Å²) in [6.45, 7) is 0. The van der Waals surface area contributed by atoms with E-state index in [2.05, 4.69) is 20.9 Å². The first-order valence-electron chi connectivity index (χ1n) is 4.27. The van der Waals surface area contributed by atoms with Crippen LogP contribution in [0.4, 0.5) is 0 Å². The third-order valence-corrected chi connectivity index (χ3v) is 3.89. The summed E-state index contributed by atoms with van der Waals surface area (Å²) in [5.74, 6) is 0. The molecule has 0 aromatic carbocycles. The van der Waals surface area contributed by atoms with Crippen molar-refractivity contribution >= 4 is 38.9 Å². The minimum absolute atomic E-state index is 0.206. The third kappa shape index (κ3) is 2.39. The lowest BCUT2D eigenvalue weighted by Crippen LogP contribution is -2.10. The molecule has 0 bridgehead atoms. The van der Waals surface area contributed by atoms with E-state index in [9.17, 15) is 0 Å². The van der Waals surface area contributed by atoms with E-state index in [1.807, 2.05) is 17.5 Å². The number of hydrogen-bond donors (Lipinski definition) is 1. The van der Waals surface area contributed by atoms with E-state index in [1.165, 1.54) is 0 Å². The number of halogens is 2. The highest BCUT2D eigenvalue weighted by molar-refractivity contribution is 9.10. The van der Waals surface area contributed by atoms with Gasteiger partial charge in [0.05, 0.1) is 11.1 Å². The standard InChI is InChI=1S/C10H8BrClN2S/c11-7-3-6(4-14-5-7)9(13)10-8(12)1-2-15-10/h1-5,9H,13H2. The average Bonchev–Trinajstić information content (AvgIpc) is 2.63. The van der Waals surface area contributed by atoms with Crippen molar-refractivity contribution in [3.63, 3.8) is 0 Å². The first kappa shape index (κ1) is 11.1. The molecule has 0 aliphatic rings. The molecule has 0 aliphatic heterocycles. The average molecular weight is 304 g/mol. The summed E-state index contributed by atoms with van der Waals surface area (Å²) in [6, 6.07) is 3.60. The summed E-state index contributed by atoms with van der Waals surface area (Å²) in [4.78, 5) is 5.05. The zero-order chi connectivity index (χ0) is 10.8. The maximum absolute atomic E-state index is 6.10. The largest absolute Gasteiger partial charge is 0.320 e.